The van der Waals surface area contributed by atoms with Crippen molar-refractivity contribution in [3.63, 3.8) is 0 Å². The van der Waals surface area contributed by atoms with Crippen LogP contribution in [0.25, 0.3) is 0 Å². The van der Waals surface area contributed by atoms with Crippen molar-refractivity contribution in [2.75, 3.05) is 6.54 Å². The van der Waals surface area contributed by atoms with E-state index < -0.39 is 5.97 Å². The number of carbonyl (C=O) groups excluding carboxylic acids is 2. The van der Waals surface area contributed by atoms with Gasteiger partial charge in [-0.05, 0) is 51.4 Å². The first kappa shape index (κ1) is 16.1. The van der Waals surface area contributed by atoms with E-state index in [1.54, 1.807) is 4.90 Å². The van der Waals surface area contributed by atoms with E-state index in [1.807, 2.05) is 0 Å². The zero-order chi connectivity index (χ0) is 16.4. The summed E-state index contributed by atoms with van der Waals surface area (Å²) in [6.45, 7) is 0.610. The number of carbonyl (C=O) groups is 3. The summed E-state index contributed by atoms with van der Waals surface area (Å²) in [5.74, 6) is -1.06. The minimum atomic E-state index is -0.744. The smallest absolute Gasteiger partial charge is 0.318 e. The minimum Gasteiger partial charge on any atom is -0.481 e. The number of hydrogen-bond donors (Lipinski definition) is 3. The van der Waals surface area contributed by atoms with Gasteiger partial charge >= 0.3 is 12.0 Å². The first-order chi connectivity index (χ1) is 11.0. The molecular formula is C16H25N3O4. The Kier molecular flexibility index (Phi) is 4.73. The Morgan fingerprint density at radius 1 is 0.870 bits per heavy atom. The van der Waals surface area contributed by atoms with Gasteiger partial charge in [-0.2, -0.15) is 0 Å². The molecule has 3 amide bonds. The fourth-order valence-corrected chi connectivity index (χ4v) is 3.55. The first-order valence-electron chi connectivity index (χ1n) is 8.65. The lowest BCUT2D eigenvalue weighted by atomic mass is 9.86. The maximum Gasteiger partial charge on any atom is 0.318 e. The highest BCUT2D eigenvalue weighted by atomic mass is 16.4. The molecule has 0 aromatic rings. The zero-order valence-corrected chi connectivity index (χ0v) is 13.3. The lowest BCUT2D eigenvalue weighted by molar-refractivity contribution is -0.142. The number of urea groups is 1. The van der Waals surface area contributed by atoms with Crippen LogP contribution in [-0.2, 0) is 9.59 Å². The van der Waals surface area contributed by atoms with Crippen molar-refractivity contribution in [2.24, 2.45) is 5.92 Å². The summed E-state index contributed by atoms with van der Waals surface area (Å²) in [5, 5.41) is 15.0. The number of carboxylic acids is 1. The van der Waals surface area contributed by atoms with Crippen LogP contribution in [0, 0.1) is 5.92 Å². The van der Waals surface area contributed by atoms with Crippen molar-refractivity contribution in [3.8, 4) is 0 Å². The van der Waals surface area contributed by atoms with Crippen LogP contribution >= 0.6 is 0 Å². The van der Waals surface area contributed by atoms with Crippen LogP contribution in [-0.4, -0.2) is 52.6 Å². The molecule has 1 unspecified atom stereocenters. The van der Waals surface area contributed by atoms with Crippen LogP contribution < -0.4 is 10.6 Å². The van der Waals surface area contributed by atoms with Gasteiger partial charge in [-0.3, -0.25) is 9.59 Å². The fraction of sp³-hybridized carbons (Fsp3) is 0.812. The SMILES string of the molecule is O=C(O)C1CCC(NC(=O)N2CCCC2C(=O)NC2CC2)CC1. The van der Waals surface area contributed by atoms with Crippen molar-refractivity contribution in [3.05, 3.63) is 0 Å². The van der Waals surface area contributed by atoms with Crippen molar-refractivity contribution in [2.45, 2.75) is 69.5 Å². The molecule has 1 heterocycles. The summed E-state index contributed by atoms with van der Waals surface area (Å²) < 4.78 is 0. The van der Waals surface area contributed by atoms with Gasteiger partial charge in [0, 0.05) is 18.6 Å². The topological polar surface area (TPSA) is 98.7 Å². The lowest BCUT2D eigenvalue weighted by Crippen LogP contribution is -2.52. The van der Waals surface area contributed by atoms with E-state index in [0.29, 0.717) is 38.3 Å². The molecule has 0 bridgehead atoms. The summed E-state index contributed by atoms with van der Waals surface area (Å²) >= 11 is 0. The number of aliphatic carboxylic acids is 1. The molecule has 3 aliphatic rings. The predicted octanol–water partition coefficient (Wildman–Crippen LogP) is 1.08. The van der Waals surface area contributed by atoms with Gasteiger partial charge in [0.1, 0.15) is 6.04 Å². The van der Waals surface area contributed by atoms with E-state index in [2.05, 4.69) is 10.6 Å². The van der Waals surface area contributed by atoms with Crippen LogP contribution in [0.1, 0.15) is 51.4 Å². The number of likely N-dealkylation sites (tertiary alicyclic amines) is 1. The van der Waals surface area contributed by atoms with E-state index in [-0.39, 0.29) is 29.9 Å². The number of rotatable bonds is 4. The van der Waals surface area contributed by atoms with Gasteiger partial charge in [0.15, 0.2) is 0 Å². The molecule has 1 saturated heterocycles. The molecule has 1 aliphatic heterocycles. The molecule has 3 fully saturated rings. The fourth-order valence-electron chi connectivity index (χ4n) is 3.55. The molecule has 2 aliphatic carbocycles. The highest BCUT2D eigenvalue weighted by Gasteiger charge is 2.37. The maximum atomic E-state index is 12.5. The van der Waals surface area contributed by atoms with Crippen LogP contribution in [0.2, 0.25) is 0 Å². The van der Waals surface area contributed by atoms with Gasteiger partial charge in [0.2, 0.25) is 5.91 Å². The van der Waals surface area contributed by atoms with E-state index in [1.165, 1.54) is 0 Å². The van der Waals surface area contributed by atoms with Crippen LogP contribution in [0.4, 0.5) is 4.79 Å². The molecule has 3 N–H and O–H groups in total. The van der Waals surface area contributed by atoms with Gasteiger partial charge in [-0.15, -0.1) is 0 Å². The minimum absolute atomic E-state index is 0.0193. The Balaban J connectivity index is 1.49. The Hall–Kier alpha value is -1.79. The molecule has 0 aromatic heterocycles. The molecular weight excluding hydrogens is 298 g/mol. The Morgan fingerprint density at radius 2 is 1.48 bits per heavy atom. The van der Waals surface area contributed by atoms with Crippen molar-refractivity contribution < 1.29 is 19.5 Å². The highest BCUT2D eigenvalue weighted by molar-refractivity contribution is 5.88. The van der Waals surface area contributed by atoms with E-state index in [4.69, 9.17) is 5.11 Å². The average molecular weight is 323 g/mol. The third kappa shape index (κ3) is 3.95. The predicted molar refractivity (Wildman–Crippen MR) is 82.8 cm³/mol. The highest BCUT2D eigenvalue weighted by Crippen LogP contribution is 2.26. The number of carboxylic acid groups (broad SMARTS) is 1. The van der Waals surface area contributed by atoms with Crippen LogP contribution in [0.15, 0.2) is 0 Å². The standard InChI is InChI=1S/C16H25N3O4/c20-14(17-11-7-8-11)13-2-1-9-19(13)16(23)18-12-5-3-10(4-6-12)15(21)22/h10-13H,1-9H2,(H,17,20)(H,18,23)(H,21,22). The largest absolute Gasteiger partial charge is 0.481 e. The van der Waals surface area contributed by atoms with Gasteiger partial charge in [0.05, 0.1) is 5.92 Å². The summed E-state index contributed by atoms with van der Waals surface area (Å²) in [6, 6.07) is -0.215. The second-order valence-corrected chi connectivity index (χ2v) is 6.97. The molecule has 128 valence electrons. The molecule has 7 nitrogen and oxygen atoms in total. The van der Waals surface area contributed by atoms with Crippen molar-refractivity contribution >= 4 is 17.9 Å². The monoisotopic (exact) mass is 323 g/mol. The van der Waals surface area contributed by atoms with Crippen molar-refractivity contribution in [1.82, 2.24) is 15.5 Å². The number of hydrogen-bond acceptors (Lipinski definition) is 3. The van der Waals surface area contributed by atoms with Crippen molar-refractivity contribution in [1.29, 1.82) is 0 Å². The number of nitrogens with one attached hydrogen (secondary N) is 2. The molecule has 0 spiro atoms. The van der Waals surface area contributed by atoms with E-state index in [9.17, 15) is 14.4 Å². The van der Waals surface area contributed by atoms with E-state index in [0.717, 1.165) is 25.7 Å². The molecule has 0 aromatic carbocycles. The maximum absolute atomic E-state index is 12.5. The molecule has 3 rings (SSSR count). The summed E-state index contributed by atoms with van der Waals surface area (Å²) in [4.78, 5) is 37.3. The molecule has 7 heteroatoms. The third-order valence-electron chi connectivity index (χ3n) is 5.14. The van der Waals surface area contributed by atoms with E-state index >= 15 is 0 Å². The molecule has 2 saturated carbocycles. The first-order valence-corrected chi connectivity index (χ1v) is 8.65. The van der Waals surface area contributed by atoms with Gasteiger partial charge in [-0.1, -0.05) is 0 Å². The zero-order valence-electron chi connectivity index (χ0n) is 13.3. The average Bonchev–Trinajstić information content (AvgIpc) is 3.19. The Morgan fingerprint density at radius 3 is 2.09 bits per heavy atom. The molecule has 0 radical (unpaired) electrons. The molecule has 23 heavy (non-hydrogen) atoms. The van der Waals surface area contributed by atoms with Crippen LogP contribution in [0.3, 0.4) is 0 Å². The second kappa shape index (κ2) is 6.76. The summed E-state index contributed by atoms with van der Waals surface area (Å²) in [6.07, 6.45) is 6.23. The Bertz CT molecular complexity index is 484. The quantitative estimate of drug-likeness (QED) is 0.721. The second-order valence-electron chi connectivity index (χ2n) is 6.97. The Labute approximate surface area is 135 Å². The normalized spacial score (nSPS) is 30.8. The lowest BCUT2D eigenvalue weighted by Gasteiger charge is -2.30. The third-order valence-corrected chi connectivity index (χ3v) is 5.14. The summed E-state index contributed by atoms with van der Waals surface area (Å²) in [5.41, 5.74) is 0. The van der Waals surface area contributed by atoms with Gasteiger partial charge < -0.3 is 20.6 Å². The van der Waals surface area contributed by atoms with Gasteiger partial charge in [0.25, 0.3) is 0 Å². The molecule has 1 atom stereocenters. The number of nitrogens with zero attached hydrogens (tertiary/aromatic N) is 1. The van der Waals surface area contributed by atoms with Gasteiger partial charge in [-0.25, -0.2) is 4.79 Å². The van der Waals surface area contributed by atoms with Crippen LogP contribution in [0.5, 0.6) is 0 Å². The summed E-state index contributed by atoms with van der Waals surface area (Å²) in [7, 11) is 0. The number of amides is 3.